The molecule has 1 aromatic heterocycles. The van der Waals surface area contributed by atoms with Crippen LogP contribution in [0.1, 0.15) is 54.2 Å². The number of aryl methyl sites for hydroxylation is 1. The number of nitrogens with one attached hydrogen (secondary N) is 2. The number of ketones is 1. The fourth-order valence-electron chi connectivity index (χ4n) is 4.89. The van der Waals surface area contributed by atoms with Crippen molar-refractivity contribution in [1.29, 1.82) is 0 Å². The third-order valence-corrected chi connectivity index (χ3v) is 6.45. The van der Waals surface area contributed by atoms with Gasteiger partial charge in [0, 0.05) is 23.4 Å². The zero-order chi connectivity index (χ0) is 24.0. The van der Waals surface area contributed by atoms with E-state index in [-0.39, 0.29) is 17.1 Å². The maximum atomic E-state index is 13.3. The summed E-state index contributed by atoms with van der Waals surface area (Å²) in [5.41, 5.74) is 4.54. The molecule has 0 unspecified atom stereocenters. The molecule has 1 atom stereocenters. The third kappa shape index (κ3) is 3.87. The van der Waals surface area contributed by atoms with E-state index in [9.17, 15) is 9.59 Å². The minimum Gasteiger partial charge on any atom is -0.497 e. The first-order valence-electron chi connectivity index (χ1n) is 11.4. The van der Waals surface area contributed by atoms with E-state index in [2.05, 4.69) is 29.6 Å². The second-order valence-corrected chi connectivity index (χ2v) is 9.81. The van der Waals surface area contributed by atoms with Crippen LogP contribution in [0.15, 0.2) is 66.0 Å². The number of fused-ring (bicyclic) bond motifs is 1. The number of carbonyl (C=O) groups is 2. The second kappa shape index (κ2) is 8.17. The summed E-state index contributed by atoms with van der Waals surface area (Å²) < 4.78 is 7.07. The number of methoxy groups -OCH3 is 1. The average Bonchev–Trinajstić information content (AvgIpc) is 3.20. The number of amides is 1. The first-order chi connectivity index (χ1) is 16.3. The first-order valence-corrected chi connectivity index (χ1v) is 11.4. The molecule has 2 aromatic carbocycles. The number of aromatic nitrogens is 2. The largest absolute Gasteiger partial charge is 0.497 e. The molecule has 34 heavy (non-hydrogen) atoms. The van der Waals surface area contributed by atoms with Gasteiger partial charge < -0.3 is 15.4 Å². The van der Waals surface area contributed by atoms with E-state index in [1.807, 2.05) is 55.5 Å². The lowest BCUT2D eigenvalue weighted by molar-refractivity contribution is -0.118. The predicted molar refractivity (Wildman–Crippen MR) is 131 cm³/mol. The van der Waals surface area contributed by atoms with Crippen LogP contribution in [0.2, 0.25) is 0 Å². The van der Waals surface area contributed by atoms with E-state index in [4.69, 9.17) is 4.74 Å². The summed E-state index contributed by atoms with van der Waals surface area (Å²) >= 11 is 0. The number of benzene rings is 2. The SMILES string of the molecule is COc1ccc([C@H]2C3=C(CC(C)(C)CC3=O)Nc3c(C(=O)Nc4cccc(C)c4)cnn32)cc1. The summed E-state index contributed by atoms with van der Waals surface area (Å²) in [6, 6.07) is 14.9. The number of anilines is 2. The highest BCUT2D eigenvalue weighted by Crippen LogP contribution is 2.46. The van der Waals surface area contributed by atoms with Gasteiger partial charge in [-0.2, -0.15) is 5.10 Å². The molecule has 7 heteroatoms. The normalized spacial score (nSPS) is 18.6. The molecule has 0 saturated carbocycles. The lowest BCUT2D eigenvalue weighted by Crippen LogP contribution is -2.37. The standard InChI is InChI=1S/C27H28N4O3/c1-16-6-5-7-18(12-16)29-26(33)20-15-28-31-24(17-8-10-19(34-4)11-9-17)23-21(30-25(20)31)13-27(2,3)14-22(23)32/h5-12,15,24,30H,13-14H2,1-4H3,(H,29,33)/t24-/m0/s1. The summed E-state index contributed by atoms with van der Waals surface area (Å²) in [6.07, 6.45) is 2.75. The summed E-state index contributed by atoms with van der Waals surface area (Å²) in [5.74, 6) is 1.18. The van der Waals surface area contributed by atoms with Crippen LogP contribution in [0.5, 0.6) is 5.75 Å². The number of hydrogen-bond acceptors (Lipinski definition) is 5. The van der Waals surface area contributed by atoms with Gasteiger partial charge in [-0.25, -0.2) is 4.68 Å². The molecule has 0 bridgehead atoms. The molecule has 0 spiro atoms. The minimum atomic E-state index is -0.415. The Morgan fingerprint density at radius 1 is 1.18 bits per heavy atom. The van der Waals surface area contributed by atoms with E-state index >= 15 is 0 Å². The molecular formula is C27H28N4O3. The molecule has 2 aliphatic rings. The number of hydrogen-bond donors (Lipinski definition) is 2. The van der Waals surface area contributed by atoms with Crippen LogP contribution in [0.3, 0.4) is 0 Å². The van der Waals surface area contributed by atoms with Gasteiger partial charge in [-0.1, -0.05) is 38.1 Å². The molecule has 1 aliphatic heterocycles. The Morgan fingerprint density at radius 2 is 1.94 bits per heavy atom. The van der Waals surface area contributed by atoms with Crippen molar-refractivity contribution in [1.82, 2.24) is 9.78 Å². The van der Waals surface area contributed by atoms with Crippen molar-refractivity contribution < 1.29 is 14.3 Å². The number of allylic oxidation sites excluding steroid dienone is 2. The minimum absolute atomic E-state index is 0.103. The highest BCUT2D eigenvalue weighted by atomic mass is 16.5. The van der Waals surface area contributed by atoms with Gasteiger partial charge in [-0.05, 0) is 54.2 Å². The van der Waals surface area contributed by atoms with Gasteiger partial charge in [-0.15, -0.1) is 0 Å². The summed E-state index contributed by atoms with van der Waals surface area (Å²) in [7, 11) is 1.62. The highest BCUT2D eigenvalue weighted by Gasteiger charge is 2.42. The molecule has 0 fully saturated rings. The fraction of sp³-hybridized carbons (Fsp3) is 0.296. The van der Waals surface area contributed by atoms with Crippen molar-refractivity contribution >= 4 is 23.2 Å². The molecule has 0 radical (unpaired) electrons. The number of Topliss-reactive ketones (excluding diaryl/α,β-unsaturated/α-hetero) is 1. The quantitative estimate of drug-likeness (QED) is 0.570. The van der Waals surface area contributed by atoms with Crippen LogP contribution in [0.25, 0.3) is 0 Å². The number of carbonyl (C=O) groups excluding carboxylic acids is 2. The highest BCUT2D eigenvalue weighted by molar-refractivity contribution is 6.08. The van der Waals surface area contributed by atoms with Gasteiger partial charge in [0.2, 0.25) is 0 Å². The summed E-state index contributed by atoms with van der Waals surface area (Å²) in [5, 5.41) is 11.0. The summed E-state index contributed by atoms with van der Waals surface area (Å²) in [4.78, 5) is 26.6. The maximum Gasteiger partial charge on any atom is 0.261 e. The van der Waals surface area contributed by atoms with E-state index in [0.29, 0.717) is 29.8 Å². The van der Waals surface area contributed by atoms with Crippen LogP contribution in [0, 0.1) is 12.3 Å². The van der Waals surface area contributed by atoms with Gasteiger partial charge in [0.15, 0.2) is 5.78 Å². The molecule has 1 aliphatic carbocycles. The fourth-order valence-corrected chi connectivity index (χ4v) is 4.89. The molecule has 1 amide bonds. The van der Waals surface area contributed by atoms with Gasteiger partial charge in [0.05, 0.1) is 13.3 Å². The molecule has 3 aromatic rings. The van der Waals surface area contributed by atoms with Gasteiger partial charge in [0.1, 0.15) is 23.2 Å². The van der Waals surface area contributed by atoms with Crippen molar-refractivity contribution in [3.05, 3.63) is 82.7 Å². The zero-order valence-electron chi connectivity index (χ0n) is 19.8. The van der Waals surface area contributed by atoms with E-state index in [0.717, 1.165) is 28.3 Å². The third-order valence-electron chi connectivity index (χ3n) is 6.45. The molecule has 2 N–H and O–H groups in total. The first kappa shape index (κ1) is 21.9. The topological polar surface area (TPSA) is 85.2 Å². The van der Waals surface area contributed by atoms with Crippen LogP contribution < -0.4 is 15.4 Å². The summed E-state index contributed by atoms with van der Waals surface area (Å²) in [6.45, 7) is 6.17. The number of nitrogens with zero attached hydrogens (tertiary/aromatic N) is 2. The Balaban J connectivity index is 1.59. The molecule has 7 nitrogen and oxygen atoms in total. The average molecular weight is 457 g/mol. The van der Waals surface area contributed by atoms with E-state index in [1.165, 1.54) is 0 Å². The Morgan fingerprint density at radius 3 is 2.65 bits per heavy atom. The Kier molecular flexibility index (Phi) is 5.27. The van der Waals surface area contributed by atoms with Gasteiger partial charge in [0.25, 0.3) is 5.91 Å². The predicted octanol–water partition coefficient (Wildman–Crippen LogP) is 5.11. The maximum absolute atomic E-state index is 13.3. The van der Waals surface area contributed by atoms with E-state index in [1.54, 1.807) is 18.0 Å². The Bertz CT molecular complexity index is 1320. The molecule has 2 heterocycles. The van der Waals surface area contributed by atoms with Gasteiger partial charge in [-0.3, -0.25) is 9.59 Å². The number of rotatable bonds is 4. The molecular weight excluding hydrogens is 428 g/mol. The van der Waals surface area contributed by atoms with Crippen molar-refractivity contribution in [3.63, 3.8) is 0 Å². The van der Waals surface area contributed by atoms with Crippen LogP contribution in [-0.4, -0.2) is 28.6 Å². The van der Waals surface area contributed by atoms with Crippen molar-refractivity contribution in [2.24, 2.45) is 5.41 Å². The van der Waals surface area contributed by atoms with Crippen molar-refractivity contribution in [2.45, 2.75) is 39.7 Å². The lowest BCUT2D eigenvalue weighted by atomic mass is 9.73. The van der Waals surface area contributed by atoms with Crippen molar-refractivity contribution in [2.75, 3.05) is 17.7 Å². The van der Waals surface area contributed by atoms with Gasteiger partial charge >= 0.3 is 0 Å². The van der Waals surface area contributed by atoms with Crippen LogP contribution >= 0.6 is 0 Å². The molecule has 5 rings (SSSR count). The van der Waals surface area contributed by atoms with Crippen LogP contribution in [-0.2, 0) is 4.79 Å². The van der Waals surface area contributed by atoms with Crippen LogP contribution in [0.4, 0.5) is 11.5 Å². The second-order valence-electron chi connectivity index (χ2n) is 9.81. The smallest absolute Gasteiger partial charge is 0.261 e. The number of ether oxygens (including phenoxy) is 1. The van der Waals surface area contributed by atoms with E-state index < -0.39 is 6.04 Å². The Labute approximate surface area is 198 Å². The lowest BCUT2D eigenvalue weighted by Gasteiger charge is -2.39. The zero-order valence-corrected chi connectivity index (χ0v) is 19.8. The molecule has 174 valence electrons. The molecule has 0 saturated heterocycles. The monoisotopic (exact) mass is 456 g/mol. The van der Waals surface area contributed by atoms with Crippen molar-refractivity contribution in [3.8, 4) is 5.75 Å². The Hall–Kier alpha value is -3.87.